The van der Waals surface area contributed by atoms with Crippen LogP contribution in [-0.2, 0) is 0 Å². The highest BCUT2D eigenvalue weighted by atomic mass is 16.1. The van der Waals surface area contributed by atoms with E-state index in [0.29, 0.717) is 18.7 Å². The predicted octanol–water partition coefficient (Wildman–Crippen LogP) is 2.78. The lowest BCUT2D eigenvalue weighted by Gasteiger charge is -2.11. The molecule has 0 aliphatic heterocycles. The van der Waals surface area contributed by atoms with Gasteiger partial charge in [-0.3, -0.25) is 9.78 Å². The summed E-state index contributed by atoms with van der Waals surface area (Å²) in [6.07, 6.45) is 3.21. The zero-order valence-electron chi connectivity index (χ0n) is 12.9. The number of hydrogen-bond acceptors (Lipinski definition) is 4. The number of rotatable bonds is 5. The van der Waals surface area contributed by atoms with Crippen molar-refractivity contribution in [2.45, 2.75) is 6.92 Å². The number of para-hydroxylation sites is 1. The van der Waals surface area contributed by atoms with E-state index >= 15 is 0 Å². The molecule has 3 rings (SSSR count). The number of nitrogens with zero attached hydrogens (tertiary/aromatic N) is 2. The number of aryl methyl sites for hydroxylation is 1. The summed E-state index contributed by atoms with van der Waals surface area (Å²) in [5, 5.41) is 7.27. The third-order valence-corrected chi connectivity index (χ3v) is 3.56. The number of anilines is 1. The van der Waals surface area contributed by atoms with Crippen molar-refractivity contribution in [2.24, 2.45) is 0 Å². The molecular weight excluding hydrogens is 288 g/mol. The molecule has 0 saturated heterocycles. The van der Waals surface area contributed by atoms with Gasteiger partial charge in [0, 0.05) is 36.4 Å². The van der Waals surface area contributed by atoms with Crippen molar-refractivity contribution in [3.05, 3.63) is 66.0 Å². The van der Waals surface area contributed by atoms with Crippen molar-refractivity contribution < 1.29 is 4.79 Å². The Kier molecular flexibility index (Phi) is 4.47. The fraction of sp³-hybridized carbons (Fsp3) is 0.167. The maximum Gasteiger partial charge on any atom is 0.251 e. The van der Waals surface area contributed by atoms with Gasteiger partial charge in [-0.05, 0) is 36.8 Å². The number of hydrogen-bond donors (Lipinski definition) is 2. The molecule has 5 heteroatoms. The van der Waals surface area contributed by atoms with Crippen molar-refractivity contribution in [1.29, 1.82) is 0 Å². The van der Waals surface area contributed by atoms with Gasteiger partial charge in [-0.15, -0.1) is 0 Å². The van der Waals surface area contributed by atoms with Crippen molar-refractivity contribution in [2.75, 3.05) is 18.4 Å². The van der Waals surface area contributed by atoms with E-state index in [9.17, 15) is 4.79 Å². The molecule has 2 N–H and O–H groups in total. The summed E-state index contributed by atoms with van der Waals surface area (Å²) < 4.78 is 0. The number of benzene rings is 1. The summed E-state index contributed by atoms with van der Waals surface area (Å²) in [5.74, 6) is 0.749. The van der Waals surface area contributed by atoms with Crippen LogP contribution in [0.15, 0.2) is 54.9 Å². The van der Waals surface area contributed by atoms with Crippen LogP contribution in [0, 0.1) is 6.92 Å². The number of aromatic nitrogens is 2. The molecule has 2 aromatic heterocycles. The van der Waals surface area contributed by atoms with Crippen molar-refractivity contribution >= 4 is 22.6 Å². The molecule has 0 saturated carbocycles. The van der Waals surface area contributed by atoms with Crippen LogP contribution in [0.4, 0.5) is 5.82 Å². The predicted molar refractivity (Wildman–Crippen MR) is 91.5 cm³/mol. The van der Waals surface area contributed by atoms with Gasteiger partial charge in [-0.1, -0.05) is 18.2 Å². The van der Waals surface area contributed by atoms with Crippen LogP contribution >= 0.6 is 0 Å². The minimum Gasteiger partial charge on any atom is -0.368 e. The maximum atomic E-state index is 11.9. The number of amides is 1. The molecule has 0 aliphatic rings. The van der Waals surface area contributed by atoms with Gasteiger partial charge >= 0.3 is 0 Å². The van der Waals surface area contributed by atoms with E-state index in [1.807, 2.05) is 31.2 Å². The minimum atomic E-state index is -0.0996. The quantitative estimate of drug-likeness (QED) is 0.711. The van der Waals surface area contributed by atoms with Gasteiger partial charge in [0.25, 0.3) is 5.91 Å². The highest BCUT2D eigenvalue weighted by Gasteiger charge is 2.05. The van der Waals surface area contributed by atoms with Crippen LogP contribution in [0.25, 0.3) is 10.9 Å². The lowest BCUT2D eigenvalue weighted by atomic mass is 10.1. The minimum absolute atomic E-state index is 0.0996. The Morgan fingerprint density at radius 2 is 1.87 bits per heavy atom. The SMILES string of the molecule is Cc1cc2ccccc2nc1NCCNC(=O)c1ccncc1. The van der Waals surface area contributed by atoms with Crippen LogP contribution in [0.5, 0.6) is 0 Å². The molecule has 0 aliphatic carbocycles. The normalized spacial score (nSPS) is 10.5. The number of pyridine rings is 2. The van der Waals surface area contributed by atoms with Crippen LogP contribution in [-0.4, -0.2) is 29.0 Å². The standard InChI is InChI=1S/C18H18N4O/c1-13-12-15-4-2-3-5-16(15)22-17(13)20-10-11-21-18(23)14-6-8-19-9-7-14/h2-9,12H,10-11H2,1H3,(H,20,22)(H,21,23). The van der Waals surface area contributed by atoms with Crippen molar-refractivity contribution in [3.63, 3.8) is 0 Å². The molecule has 2 heterocycles. The molecule has 0 bridgehead atoms. The second-order valence-corrected chi connectivity index (χ2v) is 5.27. The van der Waals surface area contributed by atoms with Crippen LogP contribution < -0.4 is 10.6 Å². The number of carbonyl (C=O) groups is 1. The largest absolute Gasteiger partial charge is 0.368 e. The Hall–Kier alpha value is -2.95. The van der Waals surface area contributed by atoms with Gasteiger partial charge in [0.05, 0.1) is 5.52 Å². The van der Waals surface area contributed by atoms with E-state index in [1.165, 1.54) is 0 Å². The molecule has 5 nitrogen and oxygen atoms in total. The molecule has 0 spiro atoms. The fourth-order valence-electron chi connectivity index (χ4n) is 2.36. The first-order valence-electron chi connectivity index (χ1n) is 7.52. The molecule has 3 aromatic rings. The molecule has 0 unspecified atom stereocenters. The highest BCUT2D eigenvalue weighted by molar-refractivity contribution is 5.93. The average Bonchev–Trinajstić information content (AvgIpc) is 2.59. The topological polar surface area (TPSA) is 66.9 Å². The number of carbonyl (C=O) groups excluding carboxylic acids is 1. The highest BCUT2D eigenvalue weighted by Crippen LogP contribution is 2.19. The molecule has 0 radical (unpaired) electrons. The Bertz CT molecular complexity index is 818. The Balaban J connectivity index is 1.57. The molecular formula is C18H18N4O. The summed E-state index contributed by atoms with van der Waals surface area (Å²) in [6, 6.07) is 13.5. The Labute approximate surface area is 134 Å². The number of fused-ring (bicyclic) bond motifs is 1. The lowest BCUT2D eigenvalue weighted by molar-refractivity contribution is 0.0955. The van der Waals surface area contributed by atoms with Gasteiger partial charge in [0.1, 0.15) is 5.82 Å². The van der Waals surface area contributed by atoms with Crippen molar-refractivity contribution in [3.8, 4) is 0 Å². The summed E-state index contributed by atoms with van der Waals surface area (Å²) in [4.78, 5) is 20.4. The molecule has 1 amide bonds. The molecule has 0 fully saturated rings. The molecule has 1 aromatic carbocycles. The monoisotopic (exact) mass is 306 g/mol. The maximum absolute atomic E-state index is 11.9. The molecule has 23 heavy (non-hydrogen) atoms. The van der Waals surface area contributed by atoms with Gasteiger partial charge in [-0.25, -0.2) is 4.98 Å². The third-order valence-electron chi connectivity index (χ3n) is 3.56. The summed E-state index contributed by atoms with van der Waals surface area (Å²) in [5.41, 5.74) is 2.66. The first kappa shape index (κ1) is 15.0. The number of nitrogens with one attached hydrogen (secondary N) is 2. The summed E-state index contributed by atoms with van der Waals surface area (Å²) in [6.45, 7) is 3.16. The van der Waals surface area contributed by atoms with Crippen molar-refractivity contribution in [1.82, 2.24) is 15.3 Å². The average molecular weight is 306 g/mol. The second-order valence-electron chi connectivity index (χ2n) is 5.27. The first-order valence-corrected chi connectivity index (χ1v) is 7.52. The van der Waals surface area contributed by atoms with Gasteiger partial charge in [0.15, 0.2) is 0 Å². The van der Waals surface area contributed by atoms with Gasteiger partial charge in [0.2, 0.25) is 0 Å². The van der Waals surface area contributed by atoms with E-state index in [0.717, 1.165) is 22.3 Å². The van der Waals surface area contributed by atoms with Crippen LogP contribution in [0.2, 0.25) is 0 Å². The van der Waals surface area contributed by atoms with Gasteiger partial charge in [-0.2, -0.15) is 0 Å². The van der Waals surface area contributed by atoms with E-state index in [4.69, 9.17) is 0 Å². The molecule has 0 atom stereocenters. The summed E-state index contributed by atoms with van der Waals surface area (Å²) in [7, 11) is 0. The van der Waals surface area contributed by atoms with Crippen LogP contribution in [0.3, 0.4) is 0 Å². The van der Waals surface area contributed by atoms with E-state index in [1.54, 1.807) is 24.5 Å². The fourth-order valence-corrected chi connectivity index (χ4v) is 2.36. The van der Waals surface area contributed by atoms with Crippen LogP contribution in [0.1, 0.15) is 15.9 Å². The Morgan fingerprint density at radius 3 is 2.70 bits per heavy atom. The van der Waals surface area contributed by atoms with E-state index in [-0.39, 0.29) is 5.91 Å². The Morgan fingerprint density at radius 1 is 1.09 bits per heavy atom. The first-order chi connectivity index (χ1) is 11.2. The lowest BCUT2D eigenvalue weighted by Crippen LogP contribution is -2.29. The zero-order chi connectivity index (χ0) is 16.1. The summed E-state index contributed by atoms with van der Waals surface area (Å²) >= 11 is 0. The zero-order valence-corrected chi connectivity index (χ0v) is 12.9. The second kappa shape index (κ2) is 6.87. The third kappa shape index (κ3) is 3.63. The molecule has 116 valence electrons. The van der Waals surface area contributed by atoms with E-state index < -0.39 is 0 Å². The van der Waals surface area contributed by atoms with E-state index in [2.05, 4.69) is 26.7 Å². The van der Waals surface area contributed by atoms with Gasteiger partial charge < -0.3 is 10.6 Å². The smallest absolute Gasteiger partial charge is 0.251 e.